The minimum Gasteiger partial charge on any atom is -0.399 e. The largest absolute Gasteiger partial charge is 0.399 e. The molecule has 0 bridgehead atoms. The Morgan fingerprint density at radius 1 is 0.944 bits per heavy atom. The molecule has 0 spiro atoms. The van der Waals surface area contributed by atoms with Crippen LogP contribution in [0, 0.1) is 0 Å². The molecule has 2 amide bonds. The van der Waals surface area contributed by atoms with Crippen LogP contribution in [0.4, 0.5) is 10.5 Å². The summed E-state index contributed by atoms with van der Waals surface area (Å²) in [5, 5.41) is 2.73. The monoisotopic (exact) mass is 241 g/mol. The van der Waals surface area contributed by atoms with Gasteiger partial charge in [-0.25, -0.2) is 4.79 Å². The summed E-state index contributed by atoms with van der Waals surface area (Å²) in [5.74, 6) is 0. The van der Waals surface area contributed by atoms with E-state index in [1.165, 1.54) is 0 Å². The second kappa shape index (κ2) is 5.23. The number of benzene rings is 2. The highest BCUT2D eigenvalue weighted by Crippen LogP contribution is 2.22. The molecule has 4 heteroatoms. The average molecular weight is 241 g/mol. The lowest BCUT2D eigenvalue weighted by Crippen LogP contribution is -2.33. The Morgan fingerprint density at radius 3 is 2.06 bits per heavy atom. The maximum atomic E-state index is 11.1. The summed E-state index contributed by atoms with van der Waals surface area (Å²) >= 11 is 0. The van der Waals surface area contributed by atoms with E-state index in [1.54, 1.807) is 12.1 Å². The number of hydrogen-bond acceptors (Lipinski definition) is 2. The topological polar surface area (TPSA) is 81.1 Å². The van der Waals surface area contributed by atoms with E-state index in [0.29, 0.717) is 5.69 Å². The van der Waals surface area contributed by atoms with Gasteiger partial charge >= 0.3 is 6.03 Å². The van der Waals surface area contributed by atoms with E-state index >= 15 is 0 Å². The van der Waals surface area contributed by atoms with E-state index in [-0.39, 0.29) is 6.04 Å². The molecule has 5 N–H and O–H groups in total. The van der Waals surface area contributed by atoms with Crippen molar-refractivity contribution in [2.45, 2.75) is 6.04 Å². The molecule has 0 saturated heterocycles. The third-order valence-corrected chi connectivity index (χ3v) is 2.69. The van der Waals surface area contributed by atoms with Gasteiger partial charge in [0.1, 0.15) is 0 Å². The van der Waals surface area contributed by atoms with E-state index in [9.17, 15) is 4.79 Å². The minimum atomic E-state index is -0.555. The van der Waals surface area contributed by atoms with Crippen molar-refractivity contribution in [3.8, 4) is 0 Å². The van der Waals surface area contributed by atoms with Crippen LogP contribution in [0.25, 0.3) is 0 Å². The molecule has 0 aliphatic carbocycles. The fourth-order valence-corrected chi connectivity index (χ4v) is 1.84. The first-order valence-corrected chi connectivity index (χ1v) is 5.63. The number of carbonyl (C=O) groups is 1. The number of carbonyl (C=O) groups excluding carboxylic acids is 1. The quantitative estimate of drug-likeness (QED) is 0.718. The first kappa shape index (κ1) is 12.0. The summed E-state index contributed by atoms with van der Waals surface area (Å²) in [6.07, 6.45) is 0. The molecule has 0 heterocycles. The van der Waals surface area contributed by atoms with E-state index < -0.39 is 6.03 Å². The number of nitrogen functional groups attached to an aromatic ring is 1. The van der Waals surface area contributed by atoms with E-state index in [0.717, 1.165) is 11.1 Å². The maximum Gasteiger partial charge on any atom is 0.312 e. The number of amides is 2. The normalized spacial score (nSPS) is 11.8. The Bertz CT molecular complexity index is 522. The van der Waals surface area contributed by atoms with Crippen molar-refractivity contribution in [1.29, 1.82) is 0 Å². The molecule has 2 aromatic carbocycles. The van der Waals surface area contributed by atoms with Crippen LogP contribution in [0.5, 0.6) is 0 Å². The molecule has 92 valence electrons. The van der Waals surface area contributed by atoms with Crippen LogP contribution in [0.3, 0.4) is 0 Å². The van der Waals surface area contributed by atoms with Crippen molar-refractivity contribution >= 4 is 11.7 Å². The Balaban J connectivity index is 2.36. The van der Waals surface area contributed by atoms with Crippen LogP contribution in [0.15, 0.2) is 54.6 Å². The van der Waals surface area contributed by atoms with Gasteiger partial charge in [0.05, 0.1) is 6.04 Å². The summed E-state index contributed by atoms with van der Waals surface area (Å²) < 4.78 is 0. The van der Waals surface area contributed by atoms with E-state index in [2.05, 4.69) is 5.32 Å². The van der Waals surface area contributed by atoms with Gasteiger partial charge in [-0.2, -0.15) is 0 Å². The Hall–Kier alpha value is -2.49. The van der Waals surface area contributed by atoms with Gasteiger partial charge < -0.3 is 16.8 Å². The number of nitrogens with one attached hydrogen (secondary N) is 1. The standard InChI is InChI=1S/C14H15N3O/c15-12-8-6-11(7-9-12)13(17-14(16)18)10-4-2-1-3-5-10/h1-9,13H,15H2,(H3,16,17,18). The van der Waals surface area contributed by atoms with Crippen LogP contribution in [-0.2, 0) is 0 Å². The van der Waals surface area contributed by atoms with Crippen molar-refractivity contribution in [2.24, 2.45) is 5.73 Å². The summed E-state index contributed by atoms with van der Waals surface area (Å²) in [5.41, 5.74) is 13.5. The predicted molar refractivity (Wildman–Crippen MR) is 71.9 cm³/mol. The zero-order valence-corrected chi connectivity index (χ0v) is 9.84. The molecular formula is C14H15N3O. The average Bonchev–Trinajstić information content (AvgIpc) is 2.38. The van der Waals surface area contributed by atoms with Gasteiger partial charge in [0, 0.05) is 5.69 Å². The molecular weight excluding hydrogens is 226 g/mol. The molecule has 4 nitrogen and oxygen atoms in total. The Labute approximate surface area is 106 Å². The predicted octanol–water partition coefficient (Wildman–Crippen LogP) is 2.03. The number of hydrogen-bond donors (Lipinski definition) is 3. The first-order chi connectivity index (χ1) is 8.66. The maximum absolute atomic E-state index is 11.1. The van der Waals surface area contributed by atoms with Crippen molar-refractivity contribution in [1.82, 2.24) is 5.32 Å². The van der Waals surface area contributed by atoms with Crippen LogP contribution in [0.2, 0.25) is 0 Å². The second-order valence-electron chi connectivity index (χ2n) is 4.02. The molecule has 2 aromatic rings. The van der Waals surface area contributed by atoms with Gasteiger partial charge in [0.15, 0.2) is 0 Å². The zero-order valence-electron chi connectivity index (χ0n) is 9.84. The van der Waals surface area contributed by atoms with Gasteiger partial charge in [-0.3, -0.25) is 0 Å². The molecule has 1 atom stereocenters. The molecule has 0 aliphatic heterocycles. The number of primary amides is 1. The SMILES string of the molecule is NC(=O)NC(c1ccccc1)c1ccc(N)cc1. The van der Waals surface area contributed by atoms with Crippen LogP contribution >= 0.6 is 0 Å². The third-order valence-electron chi connectivity index (χ3n) is 2.69. The van der Waals surface area contributed by atoms with Crippen LogP contribution in [-0.4, -0.2) is 6.03 Å². The van der Waals surface area contributed by atoms with Gasteiger partial charge in [0.2, 0.25) is 0 Å². The highest BCUT2D eigenvalue weighted by Gasteiger charge is 2.14. The Morgan fingerprint density at radius 2 is 1.50 bits per heavy atom. The smallest absolute Gasteiger partial charge is 0.312 e. The fourth-order valence-electron chi connectivity index (χ4n) is 1.84. The number of rotatable bonds is 3. The molecule has 18 heavy (non-hydrogen) atoms. The van der Waals surface area contributed by atoms with Crippen LogP contribution in [0.1, 0.15) is 17.2 Å². The lowest BCUT2D eigenvalue weighted by molar-refractivity contribution is 0.247. The summed E-state index contributed by atoms with van der Waals surface area (Å²) in [4.78, 5) is 11.1. The molecule has 2 rings (SSSR count). The van der Waals surface area contributed by atoms with E-state index in [1.807, 2.05) is 42.5 Å². The number of anilines is 1. The van der Waals surface area contributed by atoms with E-state index in [4.69, 9.17) is 11.5 Å². The van der Waals surface area contributed by atoms with Crippen molar-refractivity contribution in [3.63, 3.8) is 0 Å². The molecule has 0 fully saturated rings. The Kier molecular flexibility index (Phi) is 3.48. The fraction of sp³-hybridized carbons (Fsp3) is 0.0714. The first-order valence-electron chi connectivity index (χ1n) is 5.63. The lowest BCUT2D eigenvalue weighted by Gasteiger charge is -2.18. The molecule has 0 aromatic heterocycles. The van der Waals surface area contributed by atoms with Crippen molar-refractivity contribution in [3.05, 3.63) is 65.7 Å². The molecule has 0 aliphatic rings. The van der Waals surface area contributed by atoms with Crippen molar-refractivity contribution in [2.75, 3.05) is 5.73 Å². The van der Waals surface area contributed by atoms with Gasteiger partial charge in [-0.1, -0.05) is 42.5 Å². The van der Waals surface area contributed by atoms with Crippen LogP contribution < -0.4 is 16.8 Å². The van der Waals surface area contributed by atoms with Gasteiger partial charge in [-0.05, 0) is 23.3 Å². The summed E-state index contributed by atoms with van der Waals surface area (Å²) in [7, 11) is 0. The molecule has 0 radical (unpaired) electrons. The third kappa shape index (κ3) is 2.79. The lowest BCUT2D eigenvalue weighted by atomic mass is 9.98. The minimum absolute atomic E-state index is 0.260. The second-order valence-corrected chi connectivity index (χ2v) is 4.02. The molecule has 1 unspecified atom stereocenters. The number of nitrogens with two attached hydrogens (primary N) is 2. The van der Waals surface area contributed by atoms with Gasteiger partial charge in [0.25, 0.3) is 0 Å². The summed E-state index contributed by atoms with van der Waals surface area (Å²) in [6, 6.07) is 16.2. The highest BCUT2D eigenvalue weighted by molar-refractivity contribution is 5.73. The number of urea groups is 1. The van der Waals surface area contributed by atoms with Crippen molar-refractivity contribution < 1.29 is 4.79 Å². The summed E-state index contributed by atoms with van der Waals surface area (Å²) in [6.45, 7) is 0. The highest BCUT2D eigenvalue weighted by atomic mass is 16.2. The molecule has 0 saturated carbocycles. The zero-order chi connectivity index (χ0) is 13.0. The van der Waals surface area contributed by atoms with Gasteiger partial charge in [-0.15, -0.1) is 0 Å².